The first-order valence-electron chi connectivity index (χ1n) is 32.7. The Kier molecular flexibility index (Phi) is 52.0. The van der Waals surface area contributed by atoms with Crippen molar-refractivity contribution in [2.24, 2.45) is 23.7 Å². The van der Waals surface area contributed by atoms with Crippen molar-refractivity contribution in [3.63, 3.8) is 0 Å². The van der Waals surface area contributed by atoms with Gasteiger partial charge in [0.1, 0.15) is 19.3 Å². The van der Waals surface area contributed by atoms with Gasteiger partial charge in [0.25, 0.3) is 0 Å². The number of rotatable bonds is 60. The third kappa shape index (κ3) is 55.9. The molecule has 0 aromatic rings. The number of esters is 4. The van der Waals surface area contributed by atoms with Crippen LogP contribution in [0.2, 0.25) is 0 Å². The molecule has 3 unspecified atom stereocenters. The van der Waals surface area contributed by atoms with Crippen LogP contribution >= 0.6 is 15.6 Å². The molecule has 0 aromatic heterocycles. The molecule has 0 saturated heterocycles. The summed E-state index contributed by atoms with van der Waals surface area (Å²) in [6.45, 7) is 13.9. The third-order valence-corrected chi connectivity index (χ3v) is 16.6. The normalized spacial score (nSPS) is 14.8. The molecule has 0 saturated carbocycles. The van der Waals surface area contributed by atoms with Gasteiger partial charge in [-0.2, -0.15) is 0 Å². The lowest BCUT2D eigenvalue weighted by Crippen LogP contribution is -2.30. The summed E-state index contributed by atoms with van der Waals surface area (Å²) in [5, 5.41) is 10.5. The Morgan fingerprint density at radius 3 is 0.866 bits per heavy atom. The minimum Gasteiger partial charge on any atom is -0.462 e. The van der Waals surface area contributed by atoms with E-state index in [2.05, 4.69) is 55.4 Å². The first kappa shape index (κ1) is 80.1. The Morgan fingerprint density at radius 1 is 0.341 bits per heavy atom. The maximum absolute atomic E-state index is 13.0. The zero-order chi connectivity index (χ0) is 61.1. The first-order valence-corrected chi connectivity index (χ1v) is 35.7. The molecule has 0 rings (SSSR count). The SMILES string of the molecule is CCC(C)CCCCCCCCC(=O)OC[C@H](COP(=O)(O)OC[C@H](O)COP(=O)(O)OC[C@@H](COC(=O)CCCCCCCCCC(C)C)OC(=O)CCCCCCCCC(C)C)OC(=O)CCCCCCCCCCCCC(C)C. The maximum atomic E-state index is 13.0. The average molecular weight is 1210 g/mol. The monoisotopic (exact) mass is 1210 g/mol. The van der Waals surface area contributed by atoms with Crippen LogP contribution in [-0.2, 0) is 65.4 Å². The molecule has 0 bridgehead atoms. The van der Waals surface area contributed by atoms with E-state index in [1.54, 1.807) is 0 Å². The van der Waals surface area contributed by atoms with Crippen LogP contribution < -0.4 is 0 Å². The van der Waals surface area contributed by atoms with E-state index in [4.69, 9.17) is 37.0 Å². The predicted octanol–water partition coefficient (Wildman–Crippen LogP) is 17.0. The zero-order valence-electron chi connectivity index (χ0n) is 53.1. The van der Waals surface area contributed by atoms with Crippen molar-refractivity contribution in [1.29, 1.82) is 0 Å². The highest BCUT2D eigenvalue weighted by molar-refractivity contribution is 7.47. The number of aliphatic hydroxyl groups is 1. The van der Waals surface area contributed by atoms with Crippen LogP contribution in [0.4, 0.5) is 0 Å². The molecule has 0 aromatic carbocycles. The fourth-order valence-electron chi connectivity index (χ4n) is 9.22. The van der Waals surface area contributed by atoms with E-state index < -0.39 is 97.5 Å². The smallest absolute Gasteiger partial charge is 0.462 e. The van der Waals surface area contributed by atoms with Gasteiger partial charge in [-0.05, 0) is 49.4 Å². The fourth-order valence-corrected chi connectivity index (χ4v) is 10.8. The molecule has 0 heterocycles. The zero-order valence-corrected chi connectivity index (χ0v) is 54.9. The van der Waals surface area contributed by atoms with Crippen LogP contribution in [0.1, 0.15) is 299 Å². The maximum Gasteiger partial charge on any atom is 0.472 e. The third-order valence-electron chi connectivity index (χ3n) is 14.7. The van der Waals surface area contributed by atoms with Gasteiger partial charge < -0.3 is 33.8 Å². The van der Waals surface area contributed by atoms with Crippen molar-refractivity contribution in [3.05, 3.63) is 0 Å². The van der Waals surface area contributed by atoms with E-state index in [-0.39, 0.29) is 25.7 Å². The Morgan fingerprint density at radius 2 is 0.585 bits per heavy atom. The summed E-state index contributed by atoms with van der Waals surface area (Å²) in [6, 6.07) is 0. The van der Waals surface area contributed by atoms with Gasteiger partial charge >= 0.3 is 39.5 Å². The lowest BCUT2D eigenvalue weighted by atomic mass is 10.00. The van der Waals surface area contributed by atoms with Gasteiger partial charge in [-0.3, -0.25) is 37.3 Å². The fraction of sp³-hybridized carbons (Fsp3) is 0.937. The first-order chi connectivity index (χ1) is 39.1. The van der Waals surface area contributed by atoms with E-state index in [1.165, 1.54) is 89.9 Å². The van der Waals surface area contributed by atoms with Crippen molar-refractivity contribution in [1.82, 2.24) is 0 Å². The van der Waals surface area contributed by atoms with Gasteiger partial charge in [0.15, 0.2) is 12.2 Å². The van der Waals surface area contributed by atoms with Crippen molar-refractivity contribution in [2.75, 3.05) is 39.6 Å². The number of carbonyl (C=O) groups is 4. The van der Waals surface area contributed by atoms with Crippen LogP contribution in [0.15, 0.2) is 0 Å². The van der Waals surface area contributed by atoms with E-state index in [9.17, 15) is 43.2 Å². The summed E-state index contributed by atoms with van der Waals surface area (Å²) >= 11 is 0. The Balaban J connectivity index is 5.25. The molecule has 6 atom stereocenters. The Hall–Kier alpha value is -1.94. The van der Waals surface area contributed by atoms with Crippen molar-refractivity contribution in [3.8, 4) is 0 Å². The second kappa shape index (κ2) is 53.3. The molecular formula is C63H122O17P2. The van der Waals surface area contributed by atoms with Gasteiger partial charge in [0, 0.05) is 25.7 Å². The van der Waals surface area contributed by atoms with Crippen molar-refractivity contribution < 1.29 is 80.2 Å². The molecule has 0 aliphatic rings. The number of phosphoric ester groups is 2. The molecule has 19 heteroatoms. The number of hydrogen-bond acceptors (Lipinski definition) is 15. The van der Waals surface area contributed by atoms with Crippen LogP contribution in [0, 0.1) is 23.7 Å². The highest BCUT2D eigenvalue weighted by atomic mass is 31.2. The van der Waals surface area contributed by atoms with E-state index in [0.29, 0.717) is 37.5 Å². The summed E-state index contributed by atoms with van der Waals surface area (Å²) in [4.78, 5) is 72.1. The van der Waals surface area contributed by atoms with E-state index in [0.717, 1.165) is 115 Å². The molecule has 0 spiro atoms. The lowest BCUT2D eigenvalue weighted by Gasteiger charge is -2.21. The quantitative estimate of drug-likeness (QED) is 0.0222. The molecular weight excluding hydrogens is 1090 g/mol. The standard InChI is InChI=1S/C63H122O17P2/c1-9-56(8)42-34-26-20-22-28-36-44-61(66)74-50-58(79-62(67)45-37-29-17-13-11-10-12-15-23-31-39-53(2)3)51-77-81(69,70)75-47-57(64)48-76-82(71,72)78-52-59(80-63(68)46-38-30-21-19-25-33-41-55(6)7)49-73-60(65)43-35-27-18-14-16-24-32-40-54(4)5/h53-59,64H,9-52H2,1-8H3,(H,69,70)(H,71,72)/t56?,57-,58+,59+/m0/s1. The number of hydrogen-bond donors (Lipinski definition) is 3. The molecule has 0 fully saturated rings. The molecule has 0 aliphatic carbocycles. The second-order valence-electron chi connectivity index (χ2n) is 24.5. The van der Waals surface area contributed by atoms with Crippen LogP contribution in [0.5, 0.6) is 0 Å². The van der Waals surface area contributed by atoms with Gasteiger partial charge in [0.05, 0.1) is 26.4 Å². The summed E-state index contributed by atoms with van der Waals surface area (Å²) in [5.41, 5.74) is 0. The lowest BCUT2D eigenvalue weighted by molar-refractivity contribution is -0.161. The van der Waals surface area contributed by atoms with Gasteiger partial charge in [-0.15, -0.1) is 0 Å². The molecule has 486 valence electrons. The molecule has 17 nitrogen and oxygen atoms in total. The van der Waals surface area contributed by atoms with E-state index >= 15 is 0 Å². The number of phosphoric acid groups is 2. The highest BCUT2D eigenvalue weighted by Gasteiger charge is 2.30. The van der Waals surface area contributed by atoms with Crippen molar-refractivity contribution in [2.45, 2.75) is 318 Å². The van der Waals surface area contributed by atoms with Crippen LogP contribution in [-0.4, -0.2) is 96.7 Å². The topological polar surface area (TPSA) is 237 Å². The van der Waals surface area contributed by atoms with Crippen LogP contribution in [0.25, 0.3) is 0 Å². The summed E-state index contributed by atoms with van der Waals surface area (Å²) in [6.07, 6.45) is 32.4. The summed E-state index contributed by atoms with van der Waals surface area (Å²) in [5.74, 6) is 0.712. The van der Waals surface area contributed by atoms with Crippen molar-refractivity contribution >= 4 is 39.5 Å². The van der Waals surface area contributed by atoms with Gasteiger partial charge in [0.2, 0.25) is 0 Å². The minimum absolute atomic E-state index is 0.101. The number of unbranched alkanes of at least 4 members (excludes halogenated alkanes) is 25. The summed E-state index contributed by atoms with van der Waals surface area (Å²) in [7, 11) is -9.89. The Labute approximate surface area is 498 Å². The number of carbonyl (C=O) groups excluding carboxylic acids is 4. The Bertz CT molecular complexity index is 1650. The molecule has 3 N–H and O–H groups in total. The summed E-state index contributed by atoms with van der Waals surface area (Å²) < 4.78 is 67.9. The molecule has 0 radical (unpaired) electrons. The predicted molar refractivity (Wildman–Crippen MR) is 326 cm³/mol. The van der Waals surface area contributed by atoms with Gasteiger partial charge in [-0.1, -0.05) is 248 Å². The molecule has 82 heavy (non-hydrogen) atoms. The molecule has 0 aliphatic heterocycles. The molecule has 0 amide bonds. The van der Waals surface area contributed by atoms with Crippen LogP contribution in [0.3, 0.4) is 0 Å². The highest BCUT2D eigenvalue weighted by Crippen LogP contribution is 2.45. The van der Waals surface area contributed by atoms with E-state index in [1.807, 2.05) is 0 Å². The largest absolute Gasteiger partial charge is 0.472 e. The second-order valence-corrected chi connectivity index (χ2v) is 27.4. The van der Waals surface area contributed by atoms with Gasteiger partial charge in [-0.25, -0.2) is 9.13 Å². The average Bonchev–Trinajstić information content (AvgIpc) is 3.44. The number of ether oxygens (including phenoxy) is 4. The minimum atomic E-state index is -4.94. The number of aliphatic hydroxyl groups excluding tert-OH is 1.